The van der Waals surface area contributed by atoms with E-state index < -0.39 is 0 Å². The largest absolute Gasteiger partial charge is 0.383 e. The number of aromatic nitrogens is 1. The minimum atomic E-state index is 0.486. The molecule has 2 N–H and O–H groups in total. The number of methoxy groups -OCH3 is 1. The van der Waals surface area contributed by atoms with E-state index in [9.17, 15) is 0 Å². The summed E-state index contributed by atoms with van der Waals surface area (Å²) < 4.78 is 5.21. The molecule has 0 saturated heterocycles. The van der Waals surface area contributed by atoms with E-state index in [1.807, 2.05) is 18.3 Å². The van der Waals surface area contributed by atoms with E-state index in [0.717, 1.165) is 30.8 Å². The van der Waals surface area contributed by atoms with Gasteiger partial charge in [-0.25, -0.2) is 4.98 Å². The Balaban J connectivity index is 2.99. The van der Waals surface area contributed by atoms with Crippen molar-refractivity contribution in [3.8, 4) is 0 Å². The van der Waals surface area contributed by atoms with Gasteiger partial charge in [0.05, 0.1) is 6.61 Å². The van der Waals surface area contributed by atoms with Crippen LogP contribution in [0.1, 0.15) is 32.3 Å². The summed E-state index contributed by atoms with van der Waals surface area (Å²) in [4.78, 5) is 6.84. The molecule has 0 atom stereocenters. The molecule has 0 saturated carbocycles. The van der Waals surface area contributed by atoms with Gasteiger partial charge in [0.25, 0.3) is 0 Å². The molecule has 1 heterocycles. The smallest absolute Gasteiger partial charge is 0.133 e. The van der Waals surface area contributed by atoms with E-state index in [0.29, 0.717) is 19.2 Å². The number of nitrogens with two attached hydrogens (primary N) is 1. The highest BCUT2D eigenvalue weighted by Crippen LogP contribution is 2.21. The molecule has 1 aromatic heterocycles. The van der Waals surface area contributed by atoms with Crippen LogP contribution in [0.15, 0.2) is 18.3 Å². The minimum absolute atomic E-state index is 0.486. The normalized spacial score (nSPS) is 10.9. The maximum atomic E-state index is 5.80. The molecule has 0 aliphatic heterocycles. The molecular formula is C14H25N3O. The van der Waals surface area contributed by atoms with Crippen molar-refractivity contribution in [1.82, 2.24) is 4.98 Å². The van der Waals surface area contributed by atoms with Gasteiger partial charge in [0.2, 0.25) is 0 Å². The van der Waals surface area contributed by atoms with Crippen LogP contribution in [0.5, 0.6) is 0 Å². The molecule has 0 aliphatic carbocycles. The number of hydrogen-bond acceptors (Lipinski definition) is 4. The molecule has 102 valence electrons. The molecule has 0 spiro atoms. The number of hydrogen-bond donors (Lipinski definition) is 1. The third kappa shape index (κ3) is 3.68. The van der Waals surface area contributed by atoms with Gasteiger partial charge >= 0.3 is 0 Å². The monoisotopic (exact) mass is 251 g/mol. The molecule has 4 nitrogen and oxygen atoms in total. The Labute approximate surface area is 110 Å². The van der Waals surface area contributed by atoms with Crippen LogP contribution in [0.3, 0.4) is 0 Å². The summed E-state index contributed by atoms with van der Waals surface area (Å²) in [7, 11) is 1.73. The number of nitrogens with zero attached hydrogens (tertiary/aromatic N) is 2. The fourth-order valence-electron chi connectivity index (χ4n) is 2.23. The van der Waals surface area contributed by atoms with Crippen LogP contribution < -0.4 is 10.6 Å². The summed E-state index contributed by atoms with van der Waals surface area (Å²) in [5, 5.41) is 0. The Morgan fingerprint density at radius 2 is 2.11 bits per heavy atom. The first kappa shape index (κ1) is 14.9. The van der Waals surface area contributed by atoms with Gasteiger partial charge in [-0.15, -0.1) is 0 Å². The van der Waals surface area contributed by atoms with Gasteiger partial charge in [-0.05, 0) is 18.9 Å². The number of anilines is 1. The summed E-state index contributed by atoms with van der Waals surface area (Å²) in [6.45, 7) is 6.49. The average molecular weight is 251 g/mol. The number of ether oxygens (including phenoxy) is 1. The van der Waals surface area contributed by atoms with Crippen LogP contribution in [0, 0.1) is 0 Å². The second kappa shape index (κ2) is 8.06. The molecular weight excluding hydrogens is 226 g/mol. The van der Waals surface area contributed by atoms with Crippen LogP contribution in [-0.2, 0) is 11.3 Å². The fourth-order valence-corrected chi connectivity index (χ4v) is 2.23. The lowest BCUT2D eigenvalue weighted by Gasteiger charge is -2.32. The van der Waals surface area contributed by atoms with E-state index in [4.69, 9.17) is 10.5 Å². The topological polar surface area (TPSA) is 51.4 Å². The molecule has 0 amide bonds. The molecule has 18 heavy (non-hydrogen) atoms. The molecule has 0 aromatic carbocycles. The molecule has 0 aliphatic rings. The van der Waals surface area contributed by atoms with Gasteiger partial charge in [0.1, 0.15) is 5.82 Å². The first-order chi connectivity index (χ1) is 8.78. The van der Waals surface area contributed by atoms with Crippen molar-refractivity contribution in [3.05, 3.63) is 23.9 Å². The quantitative estimate of drug-likeness (QED) is 0.769. The molecule has 1 aromatic rings. The van der Waals surface area contributed by atoms with Crippen molar-refractivity contribution in [1.29, 1.82) is 0 Å². The number of pyridine rings is 1. The Morgan fingerprint density at radius 1 is 1.39 bits per heavy atom. The van der Waals surface area contributed by atoms with Crippen molar-refractivity contribution in [2.24, 2.45) is 5.73 Å². The third-order valence-corrected chi connectivity index (χ3v) is 3.28. The van der Waals surface area contributed by atoms with Crippen molar-refractivity contribution >= 4 is 5.82 Å². The second-order valence-corrected chi connectivity index (χ2v) is 4.35. The van der Waals surface area contributed by atoms with Crippen LogP contribution >= 0.6 is 0 Å². The van der Waals surface area contributed by atoms with Crippen LogP contribution in [0.25, 0.3) is 0 Å². The van der Waals surface area contributed by atoms with Gasteiger partial charge in [-0.2, -0.15) is 0 Å². The Hall–Kier alpha value is -1.13. The zero-order valence-electron chi connectivity index (χ0n) is 11.7. The van der Waals surface area contributed by atoms with E-state index in [1.54, 1.807) is 7.11 Å². The fraction of sp³-hybridized carbons (Fsp3) is 0.643. The van der Waals surface area contributed by atoms with Crippen molar-refractivity contribution in [2.75, 3.05) is 25.2 Å². The average Bonchev–Trinajstić information content (AvgIpc) is 2.43. The van der Waals surface area contributed by atoms with Gasteiger partial charge < -0.3 is 15.4 Å². The van der Waals surface area contributed by atoms with Crippen molar-refractivity contribution < 1.29 is 4.74 Å². The third-order valence-electron chi connectivity index (χ3n) is 3.28. The minimum Gasteiger partial charge on any atom is -0.383 e. The first-order valence-electron chi connectivity index (χ1n) is 6.67. The lowest BCUT2D eigenvalue weighted by Crippen LogP contribution is -2.38. The van der Waals surface area contributed by atoms with Crippen molar-refractivity contribution in [2.45, 2.75) is 39.3 Å². The maximum Gasteiger partial charge on any atom is 0.133 e. The summed E-state index contributed by atoms with van der Waals surface area (Å²) >= 11 is 0. The standard InChI is InChI=1S/C14H25N3O/c1-4-13(5-2)17(9-10-18-3)14-12(11-15)7-6-8-16-14/h6-8,13H,4-5,9-11,15H2,1-3H3. The highest BCUT2D eigenvalue weighted by atomic mass is 16.5. The number of rotatable bonds is 8. The van der Waals surface area contributed by atoms with Crippen molar-refractivity contribution in [3.63, 3.8) is 0 Å². The van der Waals surface area contributed by atoms with Crippen LogP contribution in [0.4, 0.5) is 5.82 Å². The molecule has 0 unspecified atom stereocenters. The second-order valence-electron chi connectivity index (χ2n) is 4.35. The summed E-state index contributed by atoms with van der Waals surface area (Å²) in [6, 6.07) is 4.47. The van der Waals surface area contributed by atoms with Gasteiger partial charge in [-0.3, -0.25) is 0 Å². The predicted molar refractivity (Wildman–Crippen MR) is 75.7 cm³/mol. The van der Waals surface area contributed by atoms with E-state index in [-0.39, 0.29) is 0 Å². The van der Waals surface area contributed by atoms with Gasteiger partial charge in [-0.1, -0.05) is 19.9 Å². The molecule has 1 rings (SSSR count). The van der Waals surface area contributed by atoms with E-state index in [2.05, 4.69) is 23.7 Å². The Morgan fingerprint density at radius 3 is 2.67 bits per heavy atom. The summed E-state index contributed by atoms with van der Waals surface area (Å²) in [5.74, 6) is 1.01. The summed E-state index contributed by atoms with van der Waals surface area (Å²) in [5.41, 5.74) is 6.90. The Bertz CT molecular complexity index is 340. The zero-order valence-corrected chi connectivity index (χ0v) is 11.7. The summed E-state index contributed by atoms with van der Waals surface area (Å²) in [6.07, 6.45) is 4.03. The lowest BCUT2D eigenvalue weighted by atomic mass is 10.1. The van der Waals surface area contributed by atoms with Gasteiger partial charge in [0.15, 0.2) is 0 Å². The maximum absolute atomic E-state index is 5.80. The SMILES string of the molecule is CCC(CC)N(CCOC)c1ncccc1CN. The van der Waals surface area contributed by atoms with Gasteiger partial charge in [0, 0.05) is 38.0 Å². The molecule has 0 radical (unpaired) electrons. The predicted octanol–water partition coefficient (Wildman–Crippen LogP) is 2.18. The lowest BCUT2D eigenvalue weighted by molar-refractivity contribution is 0.202. The van der Waals surface area contributed by atoms with Crippen LogP contribution in [-0.4, -0.2) is 31.3 Å². The van der Waals surface area contributed by atoms with E-state index in [1.165, 1.54) is 0 Å². The van der Waals surface area contributed by atoms with Crippen LogP contribution in [0.2, 0.25) is 0 Å². The zero-order chi connectivity index (χ0) is 13.4. The highest BCUT2D eigenvalue weighted by Gasteiger charge is 2.18. The Kier molecular flexibility index (Phi) is 6.68. The van der Waals surface area contributed by atoms with E-state index >= 15 is 0 Å². The molecule has 0 fully saturated rings. The highest BCUT2D eigenvalue weighted by molar-refractivity contribution is 5.47. The molecule has 0 bridgehead atoms. The molecule has 4 heteroatoms. The first-order valence-corrected chi connectivity index (χ1v) is 6.67.